The molecule has 0 unspecified atom stereocenters. The number of esters is 1. The van der Waals surface area contributed by atoms with Crippen LogP contribution in [0.15, 0.2) is 84.9 Å². The molecule has 2 nitrogen and oxygen atoms in total. The Balaban J connectivity index is 1.48. The summed E-state index contributed by atoms with van der Waals surface area (Å²) in [6.07, 6.45) is 2.13. The van der Waals surface area contributed by atoms with Gasteiger partial charge < -0.3 is 4.74 Å². The van der Waals surface area contributed by atoms with Gasteiger partial charge in [0.05, 0.1) is 0 Å². The van der Waals surface area contributed by atoms with E-state index < -0.39 is 29.0 Å². The van der Waals surface area contributed by atoms with Gasteiger partial charge in [0, 0.05) is 6.07 Å². The van der Waals surface area contributed by atoms with Crippen LogP contribution in [0.25, 0.3) is 11.1 Å². The molecule has 36 heavy (non-hydrogen) atoms. The smallest absolute Gasteiger partial charge is 0.349 e. The first-order valence-corrected chi connectivity index (χ1v) is 12.0. The third-order valence-electron chi connectivity index (χ3n) is 6.20. The van der Waals surface area contributed by atoms with E-state index in [-0.39, 0.29) is 5.75 Å². The van der Waals surface area contributed by atoms with E-state index >= 15 is 0 Å². The molecule has 0 bridgehead atoms. The monoisotopic (exact) mass is 488 g/mol. The highest BCUT2D eigenvalue weighted by Crippen LogP contribution is 2.28. The first-order valence-electron chi connectivity index (χ1n) is 12.0. The Kier molecular flexibility index (Phi) is 7.89. The summed E-state index contributed by atoms with van der Waals surface area (Å²) in [6, 6.07) is 23.8. The number of benzene rings is 4. The molecule has 4 rings (SSSR count). The van der Waals surface area contributed by atoms with Crippen molar-refractivity contribution in [3.63, 3.8) is 0 Å². The Bertz CT molecular complexity index is 1330. The van der Waals surface area contributed by atoms with Gasteiger partial charge in [-0.3, -0.25) is 0 Å². The molecule has 184 valence electrons. The Hall–Kier alpha value is -3.86. The lowest BCUT2D eigenvalue weighted by Gasteiger charge is -2.13. The zero-order chi connectivity index (χ0) is 25.7. The fourth-order valence-electron chi connectivity index (χ4n) is 4.24. The molecule has 0 aliphatic rings. The molecule has 0 aromatic heterocycles. The van der Waals surface area contributed by atoms with E-state index in [0.29, 0.717) is 29.0 Å². The molecule has 0 spiro atoms. The van der Waals surface area contributed by atoms with Crippen LogP contribution in [0.3, 0.4) is 0 Å². The molecule has 0 aliphatic heterocycles. The largest absolute Gasteiger partial charge is 0.423 e. The van der Waals surface area contributed by atoms with Gasteiger partial charge in [0.2, 0.25) is 0 Å². The van der Waals surface area contributed by atoms with Crippen LogP contribution in [-0.4, -0.2) is 5.97 Å². The van der Waals surface area contributed by atoms with Crippen LogP contribution in [0, 0.1) is 17.5 Å². The summed E-state index contributed by atoms with van der Waals surface area (Å²) in [6.45, 7) is 4.07. The van der Waals surface area contributed by atoms with Gasteiger partial charge >= 0.3 is 5.97 Å². The summed E-state index contributed by atoms with van der Waals surface area (Å²) in [4.78, 5) is 12.5. The molecule has 0 saturated carbocycles. The van der Waals surface area contributed by atoms with Gasteiger partial charge in [0.25, 0.3) is 0 Å². The summed E-state index contributed by atoms with van der Waals surface area (Å²) < 4.78 is 48.8. The number of carbonyl (C=O) groups is 1. The van der Waals surface area contributed by atoms with Gasteiger partial charge in [0.1, 0.15) is 28.8 Å². The molecule has 0 amide bonds. The lowest BCUT2D eigenvalue weighted by Crippen LogP contribution is -2.13. The maximum absolute atomic E-state index is 14.8. The molecule has 1 atom stereocenters. The normalized spacial score (nSPS) is 11.8. The molecule has 0 radical (unpaired) electrons. The highest BCUT2D eigenvalue weighted by atomic mass is 19.1. The SMILES string of the molecule is CCCc1ccc(OC(=O)c2c(F)cc(-c3ccc(C[C@H](C)c4ccccc4)cc3)cc2F)cc1F. The minimum absolute atomic E-state index is 0.111. The molecular weight excluding hydrogens is 461 g/mol. The van der Waals surface area contributed by atoms with Crippen LogP contribution in [0.2, 0.25) is 0 Å². The van der Waals surface area contributed by atoms with Crippen LogP contribution < -0.4 is 4.74 Å². The zero-order valence-corrected chi connectivity index (χ0v) is 20.2. The second-order valence-corrected chi connectivity index (χ2v) is 8.92. The summed E-state index contributed by atoms with van der Waals surface area (Å²) in [7, 11) is 0. The predicted octanol–water partition coefficient (Wildman–Crippen LogP) is 8.29. The molecule has 4 aromatic carbocycles. The van der Waals surface area contributed by atoms with Crippen molar-refractivity contribution in [2.24, 2.45) is 0 Å². The summed E-state index contributed by atoms with van der Waals surface area (Å²) in [5.74, 6) is -3.61. The third-order valence-corrected chi connectivity index (χ3v) is 6.20. The fraction of sp³-hybridized carbons (Fsp3) is 0.194. The van der Waals surface area contributed by atoms with Crippen LogP contribution in [-0.2, 0) is 12.8 Å². The van der Waals surface area contributed by atoms with Crippen LogP contribution in [0.4, 0.5) is 13.2 Å². The van der Waals surface area contributed by atoms with E-state index in [9.17, 15) is 18.0 Å². The molecule has 0 fully saturated rings. The average molecular weight is 489 g/mol. The van der Waals surface area contributed by atoms with Crippen LogP contribution >= 0.6 is 0 Å². The van der Waals surface area contributed by atoms with E-state index in [1.54, 1.807) is 12.1 Å². The minimum atomic E-state index is -1.22. The van der Waals surface area contributed by atoms with Crippen molar-refractivity contribution >= 4 is 5.97 Å². The Morgan fingerprint density at radius 2 is 1.47 bits per heavy atom. The van der Waals surface area contributed by atoms with Crippen molar-refractivity contribution in [3.8, 4) is 16.9 Å². The third kappa shape index (κ3) is 5.85. The van der Waals surface area contributed by atoms with Crippen LogP contribution in [0.1, 0.15) is 53.2 Å². The van der Waals surface area contributed by atoms with Crippen molar-refractivity contribution in [3.05, 3.63) is 125 Å². The Morgan fingerprint density at radius 1 is 0.806 bits per heavy atom. The lowest BCUT2D eigenvalue weighted by molar-refractivity contribution is 0.0724. The first-order chi connectivity index (χ1) is 17.4. The maximum Gasteiger partial charge on any atom is 0.349 e. The number of hydrogen-bond acceptors (Lipinski definition) is 2. The van der Waals surface area contributed by atoms with E-state index in [1.165, 1.54) is 17.7 Å². The molecule has 4 aromatic rings. The van der Waals surface area contributed by atoms with Crippen molar-refractivity contribution in [2.45, 2.75) is 39.0 Å². The van der Waals surface area contributed by atoms with E-state index in [1.807, 2.05) is 37.3 Å². The van der Waals surface area contributed by atoms with E-state index in [2.05, 4.69) is 19.1 Å². The topological polar surface area (TPSA) is 26.3 Å². The second-order valence-electron chi connectivity index (χ2n) is 8.92. The predicted molar refractivity (Wildman–Crippen MR) is 136 cm³/mol. The highest BCUT2D eigenvalue weighted by Gasteiger charge is 2.22. The maximum atomic E-state index is 14.8. The van der Waals surface area contributed by atoms with Gasteiger partial charge in [0.15, 0.2) is 0 Å². The van der Waals surface area contributed by atoms with Crippen molar-refractivity contribution in [1.82, 2.24) is 0 Å². The number of rotatable bonds is 8. The van der Waals surface area contributed by atoms with Crippen molar-refractivity contribution in [2.75, 3.05) is 0 Å². The van der Waals surface area contributed by atoms with Gasteiger partial charge in [-0.2, -0.15) is 0 Å². The van der Waals surface area contributed by atoms with E-state index in [0.717, 1.165) is 36.6 Å². The van der Waals surface area contributed by atoms with E-state index in [4.69, 9.17) is 4.74 Å². The average Bonchev–Trinajstić information content (AvgIpc) is 2.86. The molecule has 0 N–H and O–H groups in total. The standard InChI is InChI=1S/C31H27F3O2/c1-3-7-24-14-15-26(19-27(24)32)36-31(35)30-28(33)17-25(18-29(30)34)23-12-10-21(11-13-23)16-20(2)22-8-5-4-6-9-22/h4-6,8-15,17-20H,3,7,16H2,1-2H3/t20-/m0/s1. The van der Waals surface area contributed by atoms with Gasteiger partial charge in [-0.05, 0) is 64.8 Å². The molecular formula is C31H27F3O2. The molecule has 5 heteroatoms. The van der Waals surface area contributed by atoms with Crippen molar-refractivity contribution < 1.29 is 22.7 Å². The molecule has 0 saturated heterocycles. The fourth-order valence-corrected chi connectivity index (χ4v) is 4.24. The number of carbonyl (C=O) groups excluding carboxylic acids is 1. The van der Waals surface area contributed by atoms with Gasteiger partial charge in [-0.1, -0.05) is 80.9 Å². The summed E-state index contributed by atoms with van der Waals surface area (Å²) in [5.41, 5.74) is 2.95. The molecule has 0 aliphatic carbocycles. The van der Waals surface area contributed by atoms with Gasteiger partial charge in [-0.15, -0.1) is 0 Å². The Morgan fingerprint density at radius 3 is 2.08 bits per heavy atom. The second kappa shape index (κ2) is 11.3. The van der Waals surface area contributed by atoms with Crippen molar-refractivity contribution in [1.29, 1.82) is 0 Å². The number of hydrogen-bond donors (Lipinski definition) is 0. The number of aryl methyl sites for hydroxylation is 1. The Labute approximate surface area is 209 Å². The minimum Gasteiger partial charge on any atom is -0.423 e. The number of halogens is 3. The lowest BCUT2D eigenvalue weighted by atomic mass is 9.93. The highest BCUT2D eigenvalue weighted by molar-refractivity contribution is 5.92. The quantitative estimate of drug-likeness (QED) is 0.184. The number of ether oxygens (including phenoxy) is 1. The first kappa shape index (κ1) is 25.2. The molecule has 0 heterocycles. The van der Waals surface area contributed by atoms with Gasteiger partial charge in [-0.25, -0.2) is 18.0 Å². The summed E-state index contributed by atoms with van der Waals surface area (Å²) in [5, 5.41) is 0. The van der Waals surface area contributed by atoms with Crippen LogP contribution in [0.5, 0.6) is 5.75 Å². The zero-order valence-electron chi connectivity index (χ0n) is 20.2. The summed E-state index contributed by atoms with van der Waals surface area (Å²) >= 11 is 0.